The van der Waals surface area contributed by atoms with E-state index >= 15 is 0 Å². The van der Waals surface area contributed by atoms with Crippen LogP contribution in [0.15, 0.2) is 64.6 Å². The second-order valence-corrected chi connectivity index (χ2v) is 6.80. The molecule has 4 nitrogen and oxygen atoms in total. The summed E-state index contributed by atoms with van der Waals surface area (Å²) in [5.41, 5.74) is 4.26. The van der Waals surface area contributed by atoms with Crippen molar-refractivity contribution >= 4 is 26.6 Å². The fourth-order valence-corrected chi connectivity index (χ4v) is 3.01. The first-order valence-electron chi connectivity index (χ1n) is 6.30. The summed E-state index contributed by atoms with van der Waals surface area (Å²) in [6, 6.07) is 15.7. The Morgan fingerprint density at radius 1 is 1.10 bits per heavy atom. The molecule has 0 bridgehead atoms. The van der Waals surface area contributed by atoms with Crippen molar-refractivity contribution < 1.29 is 8.42 Å². The Hall–Kier alpha value is -1.85. The van der Waals surface area contributed by atoms with Crippen LogP contribution in [0.2, 0.25) is 0 Å². The molecule has 0 spiro atoms. The van der Waals surface area contributed by atoms with Gasteiger partial charge in [0.25, 0.3) is 0 Å². The Morgan fingerprint density at radius 2 is 1.71 bits per heavy atom. The van der Waals surface area contributed by atoms with Gasteiger partial charge < -0.3 is 0 Å². The van der Waals surface area contributed by atoms with Gasteiger partial charge in [0.15, 0.2) is 15.0 Å². The molecule has 0 saturated carbocycles. The third kappa shape index (κ3) is 4.06. The fourth-order valence-electron chi connectivity index (χ4n) is 1.76. The van der Waals surface area contributed by atoms with Gasteiger partial charge in [-0.2, -0.15) is 5.10 Å². The molecule has 0 aliphatic carbocycles. The molecule has 2 aromatic carbocycles. The van der Waals surface area contributed by atoms with Crippen molar-refractivity contribution in [1.82, 2.24) is 5.43 Å². The Labute approximate surface area is 129 Å². The number of hydrazone groups is 1. The molecule has 2 aromatic rings. The summed E-state index contributed by atoms with van der Waals surface area (Å²) in [5, 5.41) is 4.15. The second-order valence-electron chi connectivity index (χ2n) is 4.45. The van der Waals surface area contributed by atoms with E-state index in [1.54, 1.807) is 30.3 Å². The molecule has 2 rings (SSSR count). The molecule has 0 saturated heterocycles. The molecule has 1 N–H and O–H groups in total. The first kappa shape index (κ1) is 15.5. The number of benzene rings is 2. The van der Waals surface area contributed by atoms with Crippen LogP contribution in [-0.2, 0) is 9.84 Å². The van der Waals surface area contributed by atoms with Gasteiger partial charge in [-0.05, 0) is 24.6 Å². The molecule has 0 aliphatic heterocycles. The highest BCUT2D eigenvalue weighted by atomic mass is 35.5. The maximum Gasteiger partial charge on any atom is 0.197 e. The van der Waals surface area contributed by atoms with Crippen molar-refractivity contribution in [3.05, 3.63) is 65.7 Å². The molecule has 0 fully saturated rings. The monoisotopic (exact) mass is 322 g/mol. The number of hydrogen-bond donors (Lipinski definition) is 1. The van der Waals surface area contributed by atoms with E-state index in [1.165, 1.54) is 0 Å². The molecule has 0 heterocycles. The van der Waals surface area contributed by atoms with Crippen LogP contribution < -0.4 is 5.43 Å². The third-order valence-electron chi connectivity index (χ3n) is 2.90. The van der Waals surface area contributed by atoms with E-state index in [0.717, 1.165) is 11.1 Å². The first-order chi connectivity index (χ1) is 10.0. The van der Waals surface area contributed by atoms with E-state index in [4.69, 9.17) is 11.6 Å². The predicted octanol–water partition coefficient (Wildman–Crippen LogP) is 2.92. The molecular formula is C15H15ClN2O2S. The number of sulfone groups is 1. The van der Waals surface area contributed by atoms with Crippen LogP contribution in [0.3, 0.4) is 0 Å². The quantitative estimate of drug-likeness (QED) is 0.680. The van der Waals surface area contributed by atoms with Crippen LogP contribution in [-0.4, -0.2) is 19.5 Å². The zero-order chi connectivity index (χ0) is 15.3. The van der Waals surface area contributed by atoms with Crippen molar-refractivity contribution in [3.8, 4) is 0 Å². The van der Waals surface area contributed by atoms with Crippen LogP contribution in [0.1, 0.15) is 11.1 Å². The lowest BCUT2D eigenvalue weighted by Crippen LogP contribution is -2.19. The number of aryl methyl sites for hydroxylation is 1. The summed E-state index contributed by atoms with van der Waals surface area (Å²) < 4.78 is 24.1. The molecule has 21 heavy (non-hydrogen) atoms. The number of nitrogens with one attached hydrogen (secondary N) is 1. The highest BCUT2D eigenvalue weighted by Gasteiger charge is 2.13. The summed E-state index contributed by atoms with van der Waals surface area (Å²) in [6.45, 7) is 1.91. The second kappa shape index (κ2) is 6.74. The number of rotatable bonds is 5. The van der Waals surface area contributed by atoms with Gasteiger partial charge in [0.1, 0.15) is 5.88 Å². The van der Waals surface area contributed by atoms with E-state index in [1.807, 2.05) is 31.2 Å². The smallest absolute Gasteiger partial charge is 0.197 e. The van der Waals surface area contributed by atoms with Gasteiger partial charge in [0.05, 0.1) is 4.90 Å². The molecule has 6 heteroatoms. The minimum absolute atomic E-state index is 0.233. The van der Waals surface area contributed by atoms with Crippen molar-refractivity contribution in [2.45, 2.75) is 11.8 Å². The Morgan fingerprint density at radius 3 is 2.38 bits per heavy atom. The summed E-state index contributed by atoms with van der Waals surface area (Å²) in [5.74, 6) is -0.306. The van der Waals surface area contributed by atoms with Crippen LogP contribution >= 0.6 is 11.6 Å². The predicted molar refractivity (Wildman–Crippen MR) is 85.2 cm³/mol. The molecule has 0 amide bonds. The summed E-state index contributed by atoms with van der Waals surface area (Å²) in [7, 11) is -3.43. The molecule has 0 aliphatic rings. The highest BCUT2D eigenvalue weighted by Crippen LogP contribution is 2.11. The lowest BCUT2D eigenvalue weighted by molar-refractivity contribution is 0.589. The lowest BCUT2D eigenvalue weighted by atomic mass is 10.1. The minimum atomic E-state index is -3.43. The van der Waals surface area contributed by atoms with Crippen molar-refractivity contribution in [1.29, 1.82) is 0 Å². The van der Waals surface area contributed by atoms with Gasteiger partial charge in [0, 0.05) is 5.56 Å². The van der Waals surface area contributed by atoms with Gasteiger partial charge in [0.2, 0.25) is 0 Å². The van der Waals surface area contributed by atoms with E-state index in [2.05, 4.69) is 10.5 Å². The van der Waals surface area contributed by atoms with Gasteiger partial charge in [-0.1, -0.05) is 54.1 Å². The van der Waals surface area contributed by atoms with E-state index in [-0.39, 0.29) is 15.9 Å². The number of hydrogen-bond acceptors (Lipinski definition) is 4. The molecule has 0 unspecified atom stereocenters. The largest absolute Gasteiger partial charge is 0.293 e. The normalized spacial score (nSPS) is 12.2. The van der Waals surface area contributed by atoms with Gasteiger partial charge in [-0.3, -0.25) is 5.43 Å². The topological polar surface area (TPSA) is 58.5 Å². The first-order valence-corrected chi connectivity index (χ1v) is 8.33. The third-order valence-corrected chi connectivity index (χ3v) is 4.69. The average molecular weight is 323 g/mol. The van der Waals surface area contributed by atoms with E-state index in [0.29, 0.717) is 0 Å². The van der Waals surface area contributed by atoms with Crippen molar-refractivity contribution in [2.75, 3.05) is 5.88 Å². The summed E-state index contributed by atoms with van der Waals surface area (Å²) in [6.07, 6.45) is 0. The van der Waals surface area contributed by atoms with E-state index in [9.17, 15) is 8.42 Å². The SMILES string of the molecule is Cc1ccccc1/C(Cl)=N/NCS(=O)(=O)c1ccccc1. The van der Waals surface area contributed by atoms with Gasteiger partial charge >= 0.3 is 0 Å². The standard InChI is InChI=1S/C15H15ClN2O2S/c1-12-7-5-6-10-14(12)15(16)18-17-11-21(19,20)13-8-3-2-4-9-13/h2-10,17H,11H2,1H3/b18-15-. The summed E-state index contributed by atoms with van der Waals surface area (Å²) >= 11 is 6.08. The minimum Gasteiger partial charge on any atom is -0.293 e. The molecule has 110 valence electrons. The van der Waals surface area contributed by atoms with Crippen LogP contribution in [0, 0.1) is 6.92 Å². The Balaban J connectivity index is 2.07. The van der Waals surface area contributed by atoms with Crippen LogP contribution in [0.4, 0.5) is 0 Å². The van der Waals surface area contributed by atoms with Crippen LogP contribution in [0.5, 0.6) is 0 Å². The molecule has 0 aromatic heterocycles. The number of nitrogens with zero attached hydrogens (tertiary/aromatic N) is 1. The number of halogens is 1. The van der Waals surface area contributed by atoms with Gasteiger partial charge in [-0.25, -0.2) is 8.42 Å². The maximum atomic E-state index is 12.0. The average Bonchev–Trinajstić information content (AvgIpc) is 2.48. The zero-order valence-corrected chi connectivity index (χ0v) is 13.0. The van der Waals surface area contributed by atoms with Gasteiger partial charge in [-0.15, -0.1) is 0 Å². The fraction of sp³-hybridized carbons (Fsp3) is 0.133. The highest BCUT2D eigenvalue weighted by molar-refractivity contribution is 7.91. The van der Waals surface area contributed by atoms with Crippen LogP contribution in [0.25, 0.3) is 0 Å². The molecular weight excluding hydrogens is 308 g/mol. The molecule has 0 radical (unpaired) electrons. The molecule has 0 atom stereocenters. The maximum absolute atomic E-state index is 12.0. The summed E-state index contributed by atoms with van der Waals surface area (Å²) in [4.78, 5) is 0.250. The zero-order valence-electron chi connectivity index (χ0n) is 11.5. The van der Waals surface area contributed by atoms with Crippen molar-refractivity contribution in [3.63, 3.8) is 0 Å². The van der Waals surface area contributed by atoms with E-state index < -0.39 is 9.84 Å². The Bertz CT molecular complexity index is 743. The lowest BCUT2D eigenvalue weighted by Gasteiger charge is -2.06. The Kier molecular flexibility index (Phi) is 4.98. The van der Waals surface area contributed by atoms with Crippen molar-refractivity contribution in [2.24, 2.45) is 5.10 Å².